The number of benzene rings is 1. The molecule has 0 aliphatic carbocycles. The average molecular weight is 219 g/mol. The van der Waals surface area contributed by atoms with Gasteiger partial charge in [0.15, 0.2) is 0 Å². The van der Waals surface area contributed by atoms with Crippen LogP contribution in [0.5, 0.6) is 5.88 Å². The van der Waals surface area contributed by atoms with E-state index in [0.717, 1.165) is 5.56 Å². The zero-order valence-electron chi connectivity index (χ0n) is 8.64. The van der Waals surface area contributed by atoms with E-state index < -0.39 is 0 Å². The smallest absolute Gasteiger partial charge is 0.223 e. The number of nitrogen functional groups attached to an aromatic ring is 1. The summed E-state index contributed by atoms with van der Waals surface area (Å²) in [6.45, 7) is 0. The van der Waals surface area contributed by atoms with E-state index in [2.05, 4.69) is 9.97 Å². The average Bonchev–Trinajstić information content (AvgIpc) is 2.29. The van der Waals surface area contributed by atoms with Gasteiger partial charge < -0.3 is 10.5 Å². The van der Waals surface area contributed by atoms with Crippen LogP contribution in [0, 0.1) is 5.82 Å². The summed E-state index contributed by atoms with van der Waals surface area (Å²) >= 11 is 0. The molecule has 0 fully saturated rings. The lowest BCUT2D eigenvalue weighted by Crippen LogP contribution is -1.99. The number of aromatic nitrogens is 2. The van der Waals surface area contributed by atoms with Crippen LogP contribution < -0.4 is 10.5 Å². The van der Waals surface area contributed by atoms with Crippen LogP contribution in [0.4, 0.5) is 10.3 Å². The fourth-order valence-electron chi connectivity index (χ4n) is 1.32. The van der Waals surface area contributed by atoms with Crippen LogP contribution in [0.2, 0.25) is 0 Å². The second-order valence-corrected chi connectivity index (χ2v) is 3.16. The quantitative estimate of drug-likeness (QED) is 0.837. The van der Waals surface area contributed by atoms with Crippen molar-refractivity contribution < 1.29 is 9.13 Å². The molecule has 0 amide bonds. The number of hydrogen-bond acceptors (Lipinski definition) is 4. The van der Waals surface area contributed by atoms with E-state index in [9.17, 15) is 4.39 Å². The topological polar surface area (TPSA) is 61.0 Å². The maximum Gasteiger partial charge on any atom is 0.223 e. The van der Waals surface area contributed by atoms with Crippen LogP contribution in [-0.4, -0.2) is 17.1 Å². The first kappa shape index (κ1) is 10.4. The maximum atomic E-state index is 12.7. The fourth-order valence-corrected chi connectivity index (χ4v) is 1.32. The van der Waals surface area contributed by atoms with Gasteiger partial charge in [-0.1, -0.05) is 0 Å². The number of rotatable bonds is 2. The predicted octanol–water partition coefficient (Wildman–Crippen LogP) is 1.87. The Morgan fingerprint density at radius 2 is 1.88 bits per heavy atom. The van der Waals surface area contributed by atoms with Crippen molar-refractivity contribution in [3.8, 4) is 17.1 Å². The molecule has 0 bridgehead atoms. The lowest BCUT2D eigenvalue weighted by Gasteiger charge is -2.04. The fraction of sp³-hybridized carbons (Fsp3) is 0.0909. The van der Waals surface area contributed by atoms with Gasteiger partial charge >= 0.3 is 0 Å². The number of nitrogens with zero attached hydrogens (tertiary/aromatic N) is 2. The molecule has 4 nitrogen and oxygen atoms in total. The summed E-state index contributed by atoms with van der Waals surface area (Å²) in [7, 11) is 1.50. The van der Waals surface area contributed by atoms with Crippen LogP contribution in [0.25, 0.3) is 11.3 Å². The molecule has 0 spiro atoms. The lowest BCUT2D eigenvalue weighted by molar-refractivity contribution is 0.398. The highest BCUT2D eigenvalue weighted by Gasteiger charge is 2.04. The Labute approximate surface area is 91.9 Å². The van der Waals surface area contributed by atoms with Gasteiger partial charge in [-0.15, -0.1) is 0 Å². The molecule has 1 aromatic carbocycles. The van der Waals surface area contributed by atoms with Crippen molar-refractivity contribution in [2.24, 2.45) is 0 Å². The Morgan fingerprint density at radius 3 is 2.50 bits per heavy atom. The van der Waals surface area contributed by atoms with Crippen molar-refractivity contribution in [1.29, 1.82) is 0 Å². The molecule has 2 aromatic rings. The zero-order chi connectivity index (χ0) is 11.5. The summed E-state index contributed by atoms with van der Waals surface area (Å²) in [5, 5.41) is 0. The van der Waals surface area contributed by atoms with Gasteiger partial charge in [-0.25, -0.2) is 9.37 Å². The highest BCUT2D eigenvalue weighted by Crippen LogP contribution is 2.21. The van der Waals surface area contributed by atoms with Crippen molar-refractivity contribution in [2.75, 3.05) is 12.8 Å². The van der Waals surface area contributed by atoms with Gasteiger partial charge in [0.05, 0.1) is 12.8 Å². The first-order valence-corrected chi connectivity index (χ1v) is 4.63. The number of anilines is 1. The highest BCUT2D eigenvalue weighted by molar-refractivity contribution is 5.61. The molecular weight excluding hydrogens is 209 g/mol. The molecule has 0 aliphatic rings. The van der Waals surface area contributed by atoms with Gasteiger partial charge in [0, 0.05) is 11.6 Å². The largest absolute Gasteiger partial charge is 0.481 e. The third kappa shape index (κ3) is 2.08. The monoisotopic (exact) mass is 219 g/mol. The molecule has 2 N–H and O–H groups in total. The van der Waals surface area contributed by atoms with Crippen molar-refractivity contribution in [2.45, 2.75) is 0 Å². The predicted molar refractivity (Wildman–Crippen MR) is 58.4 cm³/mol. The van der Waals surface area contributed by atoms with E-state index in [1.165, 1.54) is 19.2 Å². The number of methoxy groups -OCH3 is 1. The van der Waals surface area contributed by atoms with E-state index in [1.54, 1.807) is 18.2 Å². The number of nitrogens with two attached hydrogens (primary N) is 1. The minimum absolute atomic E-state index is 0.124. The van der Waals surface area contributed by atoms with Gasteiger partial charge in [-0.2, -0.15) is 4.98 Å². The van der Waals surface area contributed by atoms with E-state index in [1.807, 2.05) is 0 Å². The molecule has 0 saturated heterocycles. The second kappa shape index (κ2) is 4.14. The van der Waals surface area contributed by atoms with Crippen LogP contribution >= 0.6 is 0 Å². The summed E-state index contributed by atoms with van der Waals surface area (Å²) in [5.41, 5.74) is 6.89. The first-order chi connectivity index (χ1) is 7.69. The minimum Gasteiger partial charge on any atom is -0.481 e. The Bertz CT molecular complexity index is 499. The maximum absolute atomic E-state index is 12.7. The van der Waals surface area contributed by atoms with Gasteiger partial charge in [0.1, 0.15) is 5.82 Å². The number of ether oxygens (including phenoxy) is 1. The van der Waals surface area contributed by atoms with Gasteiger partial charge in [-0.05, 0) is 24.3 Å². The highest BCUT2D eigenvalue weighted by atomic mass is 19.1. The van der Waals surface area contributed by atoms with Crippen LogP contribution in [0.15, 0.2) is 30.3 Å². The normalized spacial score (nSPS) is 10.1. The summed E-state index contributed by atoms with van der Waals surface area (Å²) in [6, 6.07) is 7.61. The molecule has 16 heavy (non-hydrogen) atoms. The van der Waals surface area contributed by atoms with Gasteiger partial charge in [-0.3, -0.25) is 0 Å². The van der Waals surface area contributed by atoms with Crippen molar-refractivity contribution in [1.82, 2.24) is 9.97 Å². The minimum atomic E-state index is -0.294. The molecule has 82 valence electrons. The summed E-state index contributed by atoms with van der Waals surface area (Å²) < 4.78 is 17.7. The molecule has 0 radical (unpaired) electrons. The molecule has 0 atom stereocenters. The van der Waals surface area contributed by atoms with Gasteiger partial charge in [0.2, 0.25) is 11.8 Å². The van der Waals surface area contributed by atoms with E-state index in [-0.39, 0.29) is 11.8 Å². The SMILES string of the molecule is COc1cc(-c2ccc(F)cc2)nc(N)n1. The molecule has 0 unspecified atom stereocenters. The summed E-state index contributed by atoms with van der Waals surface area (Å²) in [4.78, 5) is 7.91. The molecule has 1 aromatic heterocycles. The number of hydrogen-bond donors (Lipinski definition) is 1. The van der Waals surface area contributed by atoms with Crippen LogP contribution in [0.1, 0.15) is 0 Å². The molecule has 0 saturated carbocycles. The van der Waals surface area contributed by atoms with Gasteiger partial charge in [0.25, 0.3) is 0 Å². The van der Waals surface area contributed by atoms with E-state index in [4.69, 9.17) is 10.5 Å². The molecule has 1 heterocycles. The Kier molecular flexibility index (Phi) is 2.68. The third-order valence-electron chi connectivity index (χ3n) is 2.07. The zero-order valence-corrected chi connectivity index (χ0v) is 8.64. The van der Waals surface area contributed by atoms with Crippen molar-refractivity contribution in [3.63, 3.8) is 0 Å². The van der Waals surface area contributed by atoms with E-state index in [0.29, 0.717) is 11.6 Å². The molecule has 0 aliphatic heterocycles. The summed E-state index contributed by atoms with van der Waals surface area (Å²) in [6.07, 6.45) is 0. The molecule has 2 rings (SSSR count). The Morgan fingerprint density at radius 1 is 1.19 bits per heavy atom. The standard InChI is InChI=1S/C11H10FN3O/c1-16-10-6-9(14-11(13)15-10)7-2-4-8(12)5-3-7/h2-6H,1H3,(H2,13,14,15). The van der Waals surface area contributed by atoms with Crippen molar-refractivity contribution >= 4 is 5.95 Å². The lowest BCUT2D eigenvalue weighted by atomic mass is 10.1. The van der Waals surface area contributed by atoms with E-state index >= 15 is 0 Å². The third-order valence-corrected chi connectivity index (χ3v) is 2.07. The van der Waals surface area contributed by atoms with Crippen LogP contribution in [-0.2, 0) is 0 Å². The Hall–Kier alpha value is -2.17. The number of halogens is 1. The molecular formula is C11H10FN3O. The Balaban J connectivity index is 2.47. The second-order valence-electron chi connectivity index (χ2n) is 3.16. The molecule has 5 heteroatoms. The van der Waals surface area contributed by atoms with Crippen LogP contribution in [0.3, 0.4) is 0 Å². The first-order valence-electron chi connectivity index (χ1n) is 4.63. The summed E-state index contributed by atoms with van der Waals surface area (Å²) in [5.74, 6) is 0.211. The van der Waals surface area contributed by atoms with Crippen molar-refractivity contribution in [3.05, 3.63) is 36.1 Å².